The summed E-state index contributed by atoms with van der Waals surface area (Å²) in [4.78, 5) is 40.6. The average molecular weight is 341 g/mol. The molecule has 0 unspecified atom stereocenters. The Morgan fingerprint density at radius 2 is 1.80 bits per heavy atom. The summed E-state index contributed by atoms with van der Waals surface area (Å²) in [6, 6.07) is 5.47. The van der Waals surface area contributed by atoms with Crippen LogP contribution < -0.4 is 10.6 Å². The summed E-state index contributed by atoms with van der Waals surface area (Å²) in [5, 5.41) is 6.21. The number of aryl methyl sites for hydroxylation is 1. The van der Waals surface area contributed by atoms with Gasteiger partial charge in [-0.1, -0.05) is 17.7 Å². The van der Waals surface area contributed by atoms with Crippen molar-refractivity contribution in [1.82, 2.24) is 10.2 Å². The molecule has 0 radical (unpaired) electrons. The van der Waals surface area contributed by atoms with Gasteiger partial charge in [-0.2, -0.15) is 0 Å². The van der Waals surface area contributed by atoms with Gasteiger partial charge in [-0.15, -0.1) is 0 Å². The molecule has 0 aromatic heterocycles. The predicted octanol–water partition coefficient (Wildman–Crippen LogP) is 1.53. The van der Waals surface area contributed by atoms with E-state index in [1.54, 1.807) is 0 Å². The third-order valence-corrected chi connectivity index (χ3v) is 5.69. The van der Waals surface area contributed by atoms with E-state index < -0.39 is 22.9 Å². The van der Waals surface area contributed by atoms with Crippen molar-refractivity contribution in [2.24, 2.45) is 11.8 Å². The Kier molecular flexibility index (Phi) is 3.06. The minimum absolute atomic E-state index is 0.187. The Balaban J connectivity index is 1.92. The van der Waals surface area contributed by atoms with Crippen molar-refractivity contribution in [1.29, 1.82) is 0 Å². The maximum atomic E-state index is 13.3. The van der Waals surface area contributed by atoms with Gasteiger partial charge >= 0.3 is 0 Å². The fraction of sp³-hybridized carbons (Fsp3) is 0.526. The van der Waals surface area contributed by atoms with Crippen molar-refractivity contribution in [2.75, 3.05) is 5.32 Å². The number of rotatable bonds is 0. The third-order valence-electron chi connectivity index (χ3n) is 5.69. The van der Waals surface area contributed by atoms with Gasteiger partial charge < -0.3 is 5.32 Å². The Bertz CT molecular complexity index is 826. The number of carbonyl (C=O) groups is 3. The highest BCUT2D eigenvalue weighted by atomic mass is 16.2. The molecule has 25 heavy (non-hydrogen) atoms. The van der Waals surface area contributed by atoms with E-state index in [0.717, 1.165) is 11.1 Å². The maximum Gasteiger partial charge on any atom is 0.250 e. The van der Waals surface area contributed by atoms with Gasteiger partial charge in [0, 0.05) is 22.8 Å². The molecule has 0 aliphatic carbocycles. The molecule has 4 rings (SSSR count). The Morgan fingerprint density at radius 1 is 1.12 bits per heavy atom. The molecular formula is C19H23N3O3. The van der Waals surface area contributed by atoms with Crippen LogP contribution in [-0.4, -0.2) is 34.2 Å². The van der Waals surface area contributed by atoms with Crippen LogP contribution in [0.5, 0.6) is 0 Å². The Morgan fingerprint density at radius 3 is 2.44 bits per heavy atom. The van der Waals surface area contributed by atoms with Crippen molar-refractivity contribution in [2.45, 2.75) is 51.7 Å². The van der Waals surface area contributed by atoms with Crippen LogP contribution in [0.25, 0.3) is 0 Å². The molecule has 3 amide bonds. The summed E-state index contributed by atoms with van der Waals surface area (Å²) >= 11 is 0. The second-order valence-corrected chi connectivity index (χ2v) is 8.43. The van der Waals surface area contributed by atoms with Crippen LogP contribution in [0.1, 0.15) is 38.8 Å². The second kappa shape index (κ2) is 4.69. The van der Waals surface area contributed by atoms with Gasteiger partial charge in [-0.25, -0.2) is 0 Å². The number of hydrogen-bond donors (Lipinski definition) is 2. The zero-order chi connectivity index (χ0) is 18.3. The zero-order valence-corrected chi connectivity index (χ0v) is 15.1. The van der Waals surface area contributed by atoms with Crippen LogP contribution in [0, 0.1) is 18.8 Å². The quantitative estimate of drug-likeness (QED) is 0.702. The molecule has 132 valence electrons. The van der Waals surface area contributed by atoms with Crippen LogP contribution in [-0.2, 0) is 19.9 Å². The largest absolute Gasteiger partial charge is 0.324 e. The number of carbonyl (C=O) groups excluding carboxylic acids is 3. The van der Waals surface area contributed by atoms with E-state index in [0.29, 0.717) is 5.69 Å². The summed E-state index contributed by atoms with van der Waals surface area (Å²) in [5.41, 5.74) is 0.721. The fourth-order valence-electron chi connectivity index (χ4n) is 4.74. The number of anilines is 1. The van der Waals surface area contributed by atoms with E-state index in [-0.39, 0.29) is 23.8 Å². The van der Waals surface area contributed by atoms with E-state index in [1.165, 1.54) is 4.90 Å². The molecule has 3 aliphatic heterocycles. The van der Waals surface area contributed by atoms with Crippen LogP contribution in [0.3, 0.4) is 0 Å². The van der Waals surface area contributed by atoms with Crippen molar-refractivity contribution >= 4 is 23.4 Å². The van der Waals surface area contributed by atoms with Gasteiger partial charge in [0.1, 0.15) is 5.54 Å². The van der Waals surface area contributed by atoms with Crippen LogP contribution in [0.4, 0.5) is 5.69 Å². The summed E-state index contributed by atoms with van der Waals surface area (Å²) < 4.78 is 0. The van der Waals surface area contributed by atoms with Gasteiger partial charge in [0.25, 0.3) is 0 Å². The lowest BCUT2D eigenvalue weighted by Crippen LogP contribution is -2.55. The summed E-state index contributed by atoms with van der Waals surface area (Å²) in [6.07, 6.45) is 0. The summed E-state index contributed by atoms with van der Waals surface area (Å²) in [5.74, 6) is -1.93. The van der Waals surface area contributed by atoms with Crippen molar-refractivity contribution in [3.63, 3.8) is 0 Å². The Labute approximate surface area is 147 Å². The number of likely N-dealkylation sites (tertiary alicyclic amines) is 1. The van der Waals surface area contributed by atoms with Crippen molar-refractivity contribution in [3.05, 3.63) is 29.3 Å². The first-order valence-corrected chi connectivity index (χ1v) is 8.67. The molecular weight excluding hydrogens is 318 g/mol. The van der Waals surface area contributed by atoms with Gasteiger partial charge in [0.2, 0.25) is 17.7 Å². The van der Waals surface area contributed by atoms with Crippen molar-refractivity contribution < 1.29 is 14.4 Å². The summed E-state index contributed by atoms with van der Waals surface area (Å²) in [6.45, 7) is 9.38. The highest BCUT2D eigenvalue weighted by Gasteiger charge is 2.70. The average Bonchev–Trinajstić information content (AvgIpc) is 3.04. The van der Waals surface area contributed by atoms with E-state index in [9.17, 15) is 14.4 Å². The number of imide groups is 1. The third kappa shape index (κ3) is 1.86. The summed E-state index contributed by atoms with van der Waals surface area (Å²) in [7, 11) is 0. The van der Waals surface area contributed by atoms with Gasteiger partial charge in [0.05, 0.1) is 11.8 Å². The molecule has 2 N–H and O–H groups in total. The lowest BCUT2D eigenvalue weighted by molar-refractivity contribution is -0.147. The molecule has 0 bridgehead atoms. The minimum Gasteiger partial charge on any atom is -0.324 e. The van der Waals surface area contributed by atoms with Gasteiger partial charge in [-0.05, 0) is 40.7 Å². The van der Waals surface area contributed by atoms with Gasteiger partial charge in [0.15, 0.2) is 0 Å². The number of amides is 3. The number of nitrogens with one attached hydrogen (secondary N) is 2. The SMILES string of the molecule is Cc1ccc2c(c1)[C@@]1(N[C@@H](C)[C@H]3C(=O)N(C(C)(C)C)C(=O)[C@H]31)C(=O)N2. The molecule has 6 nitrogen and oxygen atoms in total. The lowest BCUT2D eigenvalue weighted by atomic mass is 9.76. The monoisotopic (exact) mass is 341 g/mol. The lowest BCUT2D eigenvalue weighted by Gasteiger charge is -2.34. The fourth-order valence-corrected chi connectivity index (χ4v) is 4.74. The predicted molar refractivity (Wildman–Crippen MR) is 92.7 cm³/mol. The molecule has 3 aliphatic rings. The molecule has 1 aromatic rings. The topological polar surface area (TPSA) is 78.5 Å². The van der Waals surface area contributed by atoms with E-state index in [4.69, 9.17) is 0 Å². The molecule has 1 spiro atoms. The van der Waals surface area contributed by atoms with Crippen LogP contribution >= 0.6 is 0 Å². The van der Waals surface area contributed by atoms with Gasteiger partial charge in [-0.3, -0.25) is 24.6 Å². The van der Waals surface area contributed by atoms with Crippen LogP contribution in [0.15, 0.2) is 18.2 Å². The van der Waals surface area contributed by atoms with E-state index in [1.807, 2.05) is 52.8 Å². The molecule has 2 saturated heterocycles. The first-order chi connectivity index (χ1) is 11.6. The molecule has 2 fully saturated rings. The molecule has 6 heteroatoms. The minimum atomic E-state index is -1.17. The first kappa shape index (κ1) is 16.3. The molecule has 1 aromatic carbocycles. The number of hydrogen-bond acceptors (Lipinski definition) is 4. The maximum absolute atomic E-state index is 13.3. The zero-order valence-electron chi connectivity index (χ0n) is 15.1. The molecule has 3 heterocycles. The second-order valence-electron chi connectivity index (χ2n) is 8.43. The number of benzene rings is 1. The van der Waals surface area contributed by atoms with Crippen LogP contribution in [0.2, 0.25) is 0 Å². The highest BCUT2D eigenvalue weighted by Crippen LogP contribution is 2.53. The van der Waals surface area contributed by atoms with E-state index in [2.05, 4.69) is 10.6 Å². The first-order valence-electron chi connectivity index (χ1n) is 8.67. The van der Waals surface area contributed by atoms with Crippen molar-refractivity contribution in [3.8, 4) is 0 Å². The number of nitrogens with zero attached hydrogens (tertiary/aromatic N) is 1. The van der Waals surface area contributed by atoms with E-state index >= 15 is 0 Å². The standard InChI is InChI=1S/C19H23N3O3/c1-9-6-7-12-11(8-9)19(17(25)20-12)14-13(10(2)21-19)15(23)22(16(14)24)18(3,4)5/h6-8,10,13-14,21H,1-5H3,(H,20,25)/t10-,13+,14-,19-/m0/s1. The normalized spacial score (nSPS) is 33.9. The molecule has 4 atom stereocenters. The smallest absolute Gasteiger partial charge is 0.250 e. The molecule has 0 saturated carbocycles. The number of fused-ring (bicyclic) bond motifs is 4. The Hall–Kier alpha value is -2.21. The highest BCUT2D eigenvalue weighted by molar-refractivity contribution is 6.15.